The van der Waals surface area contributed by atoms with Crippen molar-refractivity contribution in [1.29, 1.82) is 0 Å². The minimum absolute atomic E-state index is 2.53. The van der Waals surface area contributed by atoms with E-state index in [9.17, 15) is 39.5 Å². The predicted molar refractivity (Wildman–Crippen MR) is 29.5 cm³/mol. The Balaban J connectivity index is 0.000000151. The first kappa shape index (κ1) is 12.4. The molecule has 0 bridgehead atoms. The highest BCUT2D eigenvalue weighted by molar-refractivity contribution is 5.15. The van der Waals surface area contributed by atoms with Crippen LogP contribution in [-0.2, 0) is 0 Å². The van der Waals surface area contributed by atoms with E-state index in [1.54, 1.807) is 0 Å². The highest BCUT2D eigenvalue weighted by Gasteiger charge is 2.87. The number of alkyl halides is 9. The van der Waals surface area contributed by atoms with Gasteiger partial charge in [-0.05, 0) is 0 Å². The zero-order chi connectivity index (χ0) is 12.2. The summed E-state index contributed by atoms with van der Waals surface area (Å²) in [6.07, 6.45) is -8.32. The van der Waals surface area contributed by atoms with Gasteiger partial charge in [0.1, 0.15) is 0 Å². The fraction of sp³-hybridized carbons (Fsp3) is 1.00. The van der Waals surface area contributed by atoms with Crippen LogP contribution in [0.3, 0.4) is 0 Å². The molecule has 2 saturated carbocycles. The number of rotatable bonds is 0. The van der Waals surface area contributed by atoms with E-state index in [1.165, 1.54) is 0 Å². The molecule has 2 rings (SSSR count). The first-order chi connectivity index (χ1) is 6.47. The van der Waals surface area contributed by atoms with Crippen LogP contribution in [0.25, 0.3) is 0 Å². The molecule has 0 aromatic carbocycles. The maximum absolute atomic E-state index is 11.2. The van der Waals surface area contributed by atoms with Crippen LogP contribution in [0.2, 0.25) is 0 Å². The van der Waals surface area contributed by atoms with E-state index in [2.05, 4.69) is 0 Å². The molecule has 0 saturated heterocycles. The highest BCUT2D eigenvalue weighted by atomic mass is 19.3. The van der Waals surface area contributed by atoms with Gasteiger partial charge < -0.3 is 0 Å². The Bertz CT molecular complexity index is 235. The lowest BCUT2D eigenvalue weighted by Gasteiger charge is -1.85. The number of hydrogen-bond acceptors (Lipinski definition) is 0. The summed E-state index contributed by atoms with van der Waals surface area (Å²) in [6, 6.07) is 0. The molecule has 2 aliphatic carbocycles. The van der Waals surface area contributed by atoms with Crippen molar-refractivity contribution in [3.8, 4) is 0 Å². The Morgan fingerprint density at radius 3 is 0.733 bits per heavy atom. The molecule has 90 valence electrons. The van der Waals surface area contributed by atoms with Crippen molar-refractivity contribution in [2.45, 2.75) is 36.3 Å². The summed E-state index contributed by atoms with van der Waals surface area (Å²) in [4.78, 5) is 0. The molecule has 0 aliphatic heterocycles. The predicted octanol–water partition coefficient (Wildman–Crippen LogP) is 2.92. The molecule has 0 nitrogen and oxygen atoms in total. The molecule has 0 heterocycles. The van der Waals surface area contributed by atoms with Crippen molar-refractivity contribution in [3.63, 3.8) is 0 Å². The second kappa shape index (κ2) is 2.94. The van der Waals surface area contributed by atoms with Crippen molar-refractivity contribution in [1.82, 2.24) is 0 Å². The van der Waals surface area contributed by atoms with Crippen LogP contribution >= 0.6 is 0 Å². The van der Waals surface area contributed by atoms with Gasteiger partial charge in [-0.2, -0.15) is 26.3 Å². The molecular formula is C6H3F9. The Labute approximate surface area is 77.0 Å². The third-order valence-corrected chi connectivity index (χ3v) is 1.88. The minimum atomic E-state index is -4.40. The van der Waals surface area contributed by atoms with Crippen LogP contribution in [0.1, 0.15) is 0 Å². The highest BCUT2D eigenvalue weighted by Crippen LogP contribution is 2.58. The largest absolute Gasteiger partial charge is 0.350 e. The first-order valence-electron chi connectivity index (χ1n) is 3.53. The average Bonchev–Trinajstić information content (AvgIpc) is 2.67. The summed E-state index contributed by atoms with van der Waals surface area (Å²) in [7, 11) is 0. The van der Waals surface area contributed by atoms with Crippen molar-refractivity contribution >= 4 is 0 Å². The molecule has 0 amide bonds. The third-order valence-electron chi connectivity index (χ3n) is 1.88. The van der Waals surface area contributed by atoms with Gasteiger partial charge in [-0.25, -0.2) is 13.2 Å². The molecule has 0 aromatic heterocycles. The summed E-state index contributed by atoms with van der Waals surface area (Å²) < 4.78 is 101. The monoisotopic (exact) mass is 246 g/mol. The molecule has 2 atom stereocenters. The van der Waals surface area contributed by atoms with E-state index in [0.29, 0.717) is 0 Å². The topological polar surface area (TPSA) is 0 Å². The maximum atomic E-state index is 11.2. The Kier molecular flexibility index (Phi) is 2.44. The SMILES string of the molecule is FC1C(F)(F)C1(F)F.F[C@@H]1[C@@H](F)C1(F)F. The van der Waals surface area contributed by atoms with Crippen LogP contribution in [0, 0.1) is 0 Å². The lowest BCUT2D eigenvalue weighted by Crippen LogP contribution is -2.02. The summed E-state index contributed by atoms with van der Waals surface area (Å²) in [5.74, 6) is -12.5. The molecule has 2 fully saturated rings. The molecule has 15 heavy (non-hydrogen) atoms. The standard InChI is InChI=1S/C3HF5.C3H2F4/c4-1-2(5,6)3(1,7)8;4-1-2(5)3(1,6)7/h1H;1-2H/t;1-,2-/m.1/s1. The smallest absolute Gasteiger partial charge is 0.237 e. The molecule has 9 heteroatoms. The van der Waals surface area contributed by atoms with Gasteiger partial charge in [0, 0.05) is 0 Å². The maximum Gasteiger partial charge on any atom is 0.350 e. The van der Waals surface area contributed by atoms with Gasteiger partial charge in [0.05, 0.1) is 0 Å². The summed E-state index contributed by atoms with van der Waals surface area (Å²) >= 11 is 0. The van der Waals surface area contributed by atoms with E-state index in [0.717, 1.165) is 0 Å². The summed E-state index contributed by atoms with van der Waals surface area (Å²) in [5, 5.41) is 0. The van der Waals surface area contributed by atoms with Crippen LogP contribution in [0.4, 0.5) is 39.5 Å². The van der Waals surface area contributed by atoms with Crippen molar-refractivity contribution in [2.24, 2.45) is 0 Å². The van der Waals surface area contributed by atoms with Crippen LogP contribution < -0.4 is 0 Å². The molecule has 0 unspecified atom stereocenters. The van der Waals surface area contributed by atoms with Crippen LogP contribution in [0.5, 0.6) is 0 Å². The molecule has 0 aromatic rings. The van der Waals surface area contributed by atoms with Gasteiger partial charge in [0.25, 0.3) is 0 Å². The van der Waals surface area contributed by atoms with E-state index < -0.39 is 36.3 Å². The average molecular weight is 246 g/mol. The minimum Gasteiger partial charge on any atom is -0.237 e. The van der Waals surface area contributed by atoms with Crippen molar-refractivity contribution < 1.29 is 39.5 Å². The summed E-state index contributed by atoms with van der Waals surface area (Å²) in [6.45, 7) is 0. The Morgan fingerprint density at radius 2 is 0.733 bits per heavy atom. The first-order valence-corrected chi connectivity index (χ1v) is 3.53. The molecule has 0 spiro atoms. The van der Waals surface area contributed by atoms with Crippen molar-refractivity contribution in [2.75, 3.05) is 0 Å². The van der Waals surface area contributed by atoms with Crippen molar-refractivity contribution in [3.05, 3.63) is 0 Å². The van der Waals surface area contributed by atoms with Gasteiger partial charge in [-0.1, -0.05) is 0 Å². The number of hydrogen-bond donors (Lipinski definition) is 0. The third kappa shape index (κ3) is 1.65. The summed E-state index contributed by atoms with van der Waals surface area (Å²) in [5.41, 5.74) is 0. The number of halogens is 9. The lowest BCUT2D eigenvalue weighted by molar-refractivity contribution is -0.0278. The normalized spacial score (nSPS) is 39.0. The Hall–Kier alpha value is -0.630. The second-order valence-corrected chi connectivity index (χ2v) is 3.09. The molecule has 0 radical (unpaired) electrons. The Morgan fingerprint density at radius 1 is 0.600 bits per heavy atom. The van der Waals surface area contributed by atoms with E-state index in [1.807, 2.05) is 0 Å². The zero-order valence-corrected chi connectivity index (χ0v) is 6.63. The lowest BCUT2D eigenvalue weighted by atomic mass is 10.8. The fourth-order valence-electron chi connectivity index (χ4n) is 0.560. The quantitative estimate of drug-likeness (QED) is 0.576. The van der Waals surface area contributed by atoms with Gasteiger partial charge in [-0.3, -0.25) is 0 Å². The zero-order valence-electron chi connectivity index (χ0n) is 6.63. The van der Waals surface area contributed by atoms with Gasteiger partial charge in [0.2, 0.25) is 18.5 Å². The molecule has 0 N–H and O–H groups in total. The van der Waals surface area contributed by atoms with Gasteiger partial charge in [0.15, 0.2) is 0 Å². The molecular weight excluding hydrogens is 243 g/mol. The fourth-order valence-corrected chi connectivity index (χ4v) is 0.560. The van der Waals surface area contributed by atoms with E-state index >= 15 is 0 Å². The van der Waals surface area contributed by atoms with Crippen LogP contribution in [0.15, 0.2) is 0 Å². The second-order valence-electron chi connectivity index (χ2n) is 3.09. The van der Waals surface area contributed by atoms with Crippen LogP contribution in [-0.4, -0.2) is 36.3 Å². The van der Waals surface area contributed by atoms with E-state index in [-0.39, 0.29) is 0 Å². The van der Waals surface area contributed by atoms with Gasteiger partial charge >= 0.3 is 17.8 Å². The molecule has 2 aliphatic rings. The van der Waals surface area contributed by atoms with Gasteiger partial charge in [-0.15, -0.1) is 0 Å². The van der Waals surface area contributed by atoms with E-state index in [4.69, 9.17) is 0 Å².